The highest BCUT2D eigenvalue weighted by atomic mass is 35.5. The van der Waals surface area contributed by atoms with Crippen molar-refractivity contribution < 1.29 is 18.3 Å². The molecule has 0 spiro atoms. The van der Waals surface area contributed by atoms with Crippen molar-refractivity contribution in [3.63, 3.8) is 0 Å². The number of sulfonamides is 1. The van der Waals surface area contributed by atoms with Gasteiger partial charge in [-0.1, -0.05) is 11.6 Å². The zero-order valence-electron chi connectivity index (χ0n) is 11.2. The van der Waals surface area contributed by atoms with Gasteiger partial charge in [-0.2, -0.15) is 9.40 Å². The van der Waals surface area contributed by atoms with Gasteiger partial charge in [0.1, 0.15) is 0 Å². The van der Waals surface area contributed by atoms with Crippen LogP contribution in [0.15, 0.2) is 11.2 Å². The van der Waals surface area contributed by atoms with Crippen molar-refractivity contribution in [1.29, 1.82) is 0 Å². The van der Waals surface area contributed by atoms with Gasteiger partial charge >= 0.3 is 5.97 Å². The van der Waals surface area contributed by atoms with Crippen LogP contribution in [0.2, 0.25) is 5.02 Å². The Kier molecular flexibility index (Phi) is 3.83. The Morgan fingerprint density at radius 3 is 2.40 bits per heavy atom. The summed E-state index contributed by atoms with van der Waals surface area (Å²) < 4.78 is 27.5. The number of hydrogen-bond donors (Lipinski definition) is 1. The van der Waals surface area contributed by atoms with Gasteiger partial charge in [0.25, 0.3) is 10.0 Å². The van der Waals surface area contributed by atoms with Gasteiger partial charge in [0.15, 0.2) is 5.03 Å². The van der Waals surface area contributed by atoms with E-state index in [4.69, 9.17) is 16.7 Å². The minimum absolute atomic E-state index is 0.0573. The molecule has 9 heteroatoms. The third kappa shape index (κ3) is 2.43. The van der Waals surface area contributed by atoms with Crippen LogP contribution in [0, 0.1) is 5.41 Å². The summed E-state index contributed by atoms with van der Waals surface area (Å²) in [5.41, 5.74) is -0.873. The number of hydrogen-bond acceptors (Lipinski definition) is 4. The van der Waals surface area contributed by atoms with Gasteiger partial charge in [-0.3, -0.25) is 9.48 Å². The molecule has 0 saturated carbocycles. The van der Waals surface area contributed by atoms with Crippen molar-refractivity contribution in [2.75, 3.05) is 13.1 Å². The number of aromatic nitrogens is 2. The van der Waals surface area contributed by atoms with Crippen LogP contribution in [0.4, 0.5) is 0 Å². The molecule has 1 aromatic rings. The number of carbonyl (C=O) groups is 1. The molecular weight excluding hydrogens is 306 g/mol. The molecule has 1 aliphatic heterocycles. The lowest BCUT2D eigenvalue weighted by Gasteiger charge is -2.35. The minimum Gasteiger partial charge on any atom is -0.481 e. The van der Waals surface area contributed by atoms with E-state index in [2.05, 4.69) is 5.10 Å². The summed E-state index contributed by atoms with van der Waals surface area (Å²) in [7, 11) is -2.24. The molecule has 0 radical (unpaired) electrons. The third-order valence-electron chi connectivity index (χ3n) is 3.77. The molecule has 0 bridgehead atoms. The van der Waals surface area contributed by atoms with Crippen LogP contribution in [0.5, 0.6) is 0 Å². The van der Waals surface area contributed by atoms with Gasteiger partial charge in [-0.25, -0.2) is 8.42 Å². The van der Waals surface area contributed by atoms with E-state index in [9.17, 15) is 13.2 Å². The van der Waals surface area contributed by atoms with Crippen molar-refractivity contribution in [2.45, 2.75) is 24.8 Å². The summed E-state index contributed by atoms with van der Waals surface area (Å²) in [6.07, 6.45) is 1.83. The van der Waals surface area contributed by atoms with Crippen molar-refractivity contribution in [3.8, 4) is 0 Å². The van der Waals surface area contributed by atoms with Crippen molar-refractivity contribution in [2.24, 2.45) is 12.5 Å². The molecule has 0 aliphatic carbocycles. The zero-order valence-corrected chi connectivity index (χ0v) is 12.8. The zero-order chi connectivity index (χ0) is 15.1. The second-order valence-corrected chi connectivity index (χ2v) is 7.45. The summed E-state index contributed by atoms with van der Waals surface area (Å²) in [6.45, 7) is 1.95. The fraction of sp³-hybridized carbons (Fsp3) is 0.636. The first-order valence-electron chi connectivity index (χ1n) is 6.09. The lowest BCUT2D eigenvalue weighted by molar-refractivity contribution is -0.150. The normalized spacial score (nSPS) is 19.9. The first-order valence-corrected chi connectivity index (χ1v) is 7.91. The van der Waals surface area contributed by atoms with Crippen LogP contribution in [-0.4, -0.2) is 46.7 Å². The standard InChI is InChI=1S/C11H16ClN3O4S/c1-11(10(16)17)3-5-15(6-4-11)20(18,19)9-8(12)7-13-14(9)2/h7H,3-6H2,1-2H3,(H,16,17). The molecule has 0 atom stereocenters. The number of rotatable bonds is 3. The molecule has 2 heterocycles. The fourth-order valence-electron chi connectivity index (χ4n) is 2.25. The minimum atomic E-state index is -3.75. The van der Waals surface area contributed by atoms with E-state index in [1.807, 2.05) is 0 Å². The molecule has 1 aromatic heterocycles. The Hall–Kier alpha value is -1.12. The average molecular weight is 322 g/mol. The lowest BCUT2D eigenvalue weighted by atomic mass is 9.81. The molecule has 1 N–H and O–H groups in total. The number of aryl methyl sites for hydroxylation is 1. The maximum Gasteiger partial charge on any atom is 0.309 e. The summed E-state index contributed by atoms with van der Waals surface area (Å²) in [6, 6.07) is 0. The Morgan fingerprint density at radius 2 is 2.00 bits per heavy atom. The van der Waals surface area contributed by atoms with Gasteiger partial charge in [0.05, 0.1) is 16.6 Å². The van der Waals surface area contributed by atoms with Crippen LogP contribution in [0.25, 0.3) is 0 Å². The van der Waals surface area contributed by atoms with Crippen LogP contribution >= 0.6 is 11.6 Å². The largest absolute Gasteiger partial charge is 0.481 e. The molecule has 2 rings (SSSR count). The first kappa shape index (κ1) is 15.3. The van der Waals surface area contributed by atoms with Crippen molar-refractivity contribution >= 4 is 27.6 Å². The van der Waals surface area contributed by atoms with Crippen molar-refractivity contribution in [1.82, 2.24) is 14.1 Å². The number of nitrogens with zero attached hydrogens (tertiary/aromatic N) is 3. The van der Waals surface area contributed by atoms with Crippen LogP contribution in [-0.2, 0) is 21.9 Å². The molecule has 0 unspecified atom stereocenters. The van der Waals surface area contributed by atoms with E-state index in [1.165, 1.54) is 22.2 Å². The number of carboxylic acid groups (broad SMARTS) is 1. The predicted octanol–water partition coefficient (Wildman–Crippen LogP) is 0.949. The second kappa shape index (κ2) is 5.01. The van der Waals surface area contributed by atoms with E-state index in [0.29, 0.717) is 0 Å². The molecule has 7 nitrogen and oxygen atoms in total. The Bertz CT molecular complexity index is 613. The molecule has 1 aliphatic rings. The van der Waals surface area contributed by atoms with E-state index < -0.39 is 21.4 Å². The predicted molar refractivity (Wildman–Crippen MR) is 72.0 cm³/mol. The highest BCUT2D eigenvalue weighted by Crippen LogP contribution is 2.34. The van der Waals surface area contributed by atoms with Crippen LogP contribution < -0.4 is 0 Å². The van der Waals surface area contributed by atoms with Crippen LogP contribution in [0.1, 0.15) is 19.8 Å². The van der Waals surface area contributed by atoms with E-state index in [-0.39, 0.29) is 36.0 Å². The Labute approximate surface area is 122 Å². The number of carboxylic acids is 1. The molecule has 20 heavy (non-hydrogen) atoms. The molecular formula is C11H16ClN3O4S. The molecule has 0 amide bonds. The summed E-state index contributed by atoms with van der Waals surface area (Å²) >= 11 is 5.87. The highest BCUT2D eigenvalue weighted by Gasteiger charge is 2.41. The Balaban J connectivity index is 2.25. The monoisotopic (exact) mass is 321 g/mol. The molecule has 112 valence electrons. The van der Waals surface area contributed by atoms with E-state index >= 15 is 0 Å². The van der Waals surface area contributed by atoms with Gasteiger partial charge < -0.3 is 5.11 Å². The first-order chi connectivity index (χ1) is 9.18. The number of aliphatic carboxylic acids is 1. The van der Waals surface area contributed by atoms with E-state index in [0.717, 1.165) is 0 Å². The van der Waals surface area contributed by atoms with Gasteiger partial charge in [-0.05, 0) is 19.8 Å². The average Bonchev–Trinajstić information content (AvgIpc) is 2.70. The number of halogens is 1. The highest BCUT2D eigenvalue weighted by molar-refractivity contribution is 7.89. The van der Waals surface area contributed by atoms with E-state index in [1.54, 1.807) is 6.92 Å². The summed E-state index contributed by atoms with van der Waals surface area (Å²) in [5, 5.41) is 13.0. The summed E-state index contributed by atoms with van der Waals surface area (Å²) in [5.74, 6) is -0.895. The molecule has 1 fully saturated rings. The number of piperidine rings is 1. The maximum absolute atomic E-state index is 12.5. The Morgan fingerprint density at radius 1 is 1.45 bits per heavy atom. The maximum atomic E-state index is 12.5. The smallest absolute Gasteiger partial charge is 0.309 e. The van der Waals surface area contributed by atoms with Gasteiger partial charge in [0, 0.05) is 20.1 Å². The third-order valence-corrected chi connectivity index (χ3v) is 6.18. The topological polar surface area (TPSA) is 92.5 Å². The lowest BCUT2D eigenvalue weighted by Crippen LogP contribution is -2.45. The van der Waals surface area contributed by atoms with Gasteiger partial charge in [-0.15, -0.1) is 0 Å². The summed E-state index contributed by atoms with van der Waals surface area (Å²) in [4.78, 5) is 11.2. The SMILES string of the molecule is Cn1ncc(Cl)c1S(=O)(=O)N1CCC(C)(C(=O)O)CC1. The quantitative estimate of drug-likeness (QED) is 0.894. The molecule has 1 saturated heterocycles. The fourth-order valence-corrected chi connectivity index (χ4v) is 4.29. The van der Waals surface area contributed by atoms with Crippen molar-refractivity contribution in [3.05, 3.63) is 11.2 Å². The van der Waals surface area contributed by atoms with Crippen LogP contribution in [0.3, 0.4) is 0 Å². The second-order valence-electron chi connectivity index (χ2n) is 5.19. The van der Waals surface area contributed by atoms with Gasteiger partial charge in [0.2, 0.25) is 0 Å². The molecule has 0 aromatic carbocycles.